The molecule has 0 aliphatic carbocycles. The third-order valence-corrected chi connectivity index (χ3v) is 4.91. The van der Waals surface area contributed by atoms with Crippen LogP contribution in [0.25, 0.3) is 0 Å². The maximum absolute atomic E-state index is 13.1. The van der Waals surface area contributed by atoms with E-state index in [4.69, 9.17) is 32.8 Å². The van der Waals surface area contributed by atoms with E-state index in [1.54, 1.807) is 36.4 Å². The number of ether oxygens (including phenoxy) is 1. The number of anilines is 1. The van der Waals surface area contributed by atoms with E-state index in [1.807, 2.05) is 0 Å². The molecule has 8 heteroatoms. The Morgan fingerprint density at radius 3 is 2.62 bits per heavy atom. The van der Waals surface area contributed by atoms with E-state index >= 15 is 0 Å². The Labute approximate surface area is 158 Å². The van der Waals surface area contributed by atoms with Gasteiger partial charge in [0.05, 0.1) is 12.8 Å². The standard InChI is InChI=1S/C18H12Cl2N2O4/c1-25-13-7-6-9(19)8-12(13)22-17(23)14-15(21-26-16(14)18(22)24)10-4-2-3-5-11(10)20/h2-8,14,16H,1H3/t14-,16+/m0/s1. The molecule has 0 saturated carbocycles. The molecule has 0 bridgehead atoms. The van der Waals surface area contributed by atoms with Crippen LogP contribution in [0, 0.1) is 5.92 Å². The first kappa shape index (κ1) is 16.9. The molecule has 4 rings (SSSR count). The van der Waals surface area contributed by atoms with Gasteiger partial charge in [0.15, 0.2) is 0 Å². The summed E-state index contributed by atoms with van der Waals surface area (Å²) in [7, 11) is 1.45. The molecule has 132 valence electrons. The van der Waals surface area contributed by atoms with Gasteiger partial charge in [-0.05, 0) is 24.3 Å². The monoisotopic (exact) mass is 390 g/mol. The summed E-state index contributed by atoms with van der Waals surface area (Å²) in [4.78, 5) is 32.2. The van der Waals surface area contributed by atoms with Crippen LogP contribution in [0.15, 0.2) is 47.6 Å². The number of carbonyl (C=O) groups is 2. The molecular formula is C18H12Cl2N2O4. The lowest BCUT2D eigenvalue weighted by Gasteiger charge is -2.18. The highest BCUT2D eigenvalue weighted by Crippen LogP contribution is 2.40. The zero-order valence-corrected chi connectivity index (χ0v) is 15.0. The number of fused-ring (bicyclic) bond motifs is 1. The van der Waals surface area contributed by atoms with Crippen LogP contribution >= 0.6 is 23.2 Å². The SMILES string of the molecule is COc1ccc(Cl)cc1N1C(=O)[C@H]2C(c3ccccc3Cl)=NO[C@H]2C1=O. The number of methoxy groups -OCH3 is 1. The van der Waals surface area contributed by atoms with Gasteiger partial charge in [-0.3, -0.25) is 9.59 Å². The first-order valence-electron chi connectivity index (χ1n) is 7.73. The fourth-order valence-corrected chi connectivity index (χ4v) is 3.54. The quantitative estimate of drug-likeness (QED) is 0.754. The molecule has 2 aliphatic rings. The highest BCUT2D eigenvalue weighted by Gasteiger charge is 2.56. The minimum Gasteiger partial charge on any atom is -0.495 e. The van der Waals surface area contributed by atoms with E-state index in [-0.39, 0.29) is 5.69 Å². The third kappa shape index (κ3) is 2.45. The van der Waals surface area contributed by atoms with Crippen LogP contribution in [0.1, 0.15) is 5.56 Å². The second-order valence-electron chi connectivity index (χ2n) is 5.79. The lowest BCUT2D eigenvalue weighted by atomic mass is 9.94. The highest BCUT2D eigenvalue weighted by molar-refractivity contribution is 6.38. The summed E-state index contributed by atoms with van der Waals surface area (Å²) in [5.41, 5.74) is 1.16. The molecule has 2 aromatic rings. The lowest BCUT2D eigenvalue weighted by Crippen LogP contribution is -2.33. The minimum atomic E-state index is -1.03. The number of hydrogen-bond acceptors (Lipinski definition) is 5. The number of oxime groups is 1. The Hall–Kier alpha value is -2.57. The molecule has 2 amide bonds. The molecule has 0 radical (unpaired) electrons. The predicted octanol–water partition coefficient (Wildman–Crippen LogP) is 3.29. The number of nitrogens with zero attached hydrogens (tertiary/aromatic N) is 2. The maximum Gasteiger partial charge on any atom is 0.279 e. The van der Waals surface area contributed by atoms with Crippen molar-refractivity contribution in [3.05, 3.63) is 58.1 Å². The first-order chi connectivity index (χ1) is 12.5. The summed E-state index contributed by atoms with van der Waals surface area (Å²) in [6, 6.07) is 11.7. The second kappa shape index (κ2) is 6.30. The minimum absolute atomic E-state index is 0.270. The molecule has 1 saturated heterocycles. The molecule has 2 atom stereocenters. The summed E-state index contributed by atoms with van der Waals surface area (Å²) in [5.74, 6) is -1.50. The summed E-state index contributed by atoms with van der Waals surface area (Å²) < 4.78 is 5.27. The molecule has 2 aliphatic heterocycles. The number of hydrogen-bond donors (Lipinski definition) is 0. The van der Waals surface area contributed by atoms with Gasteiger partial charge in [-0.15, -0.1) is 0 Å². The van der Waals surface area contributed by atoms with Gasteiger partial charge in [0.1, 0.15) is 17.4 Å². The van der Waals surface area contributed by atoms with Gasteiger partial charge in [0.25, 0.3) is 5.91 Å². The highest BCUT2D eigenvalue weighted by atomic mass is 35.5. The van der Waals surface area contributed by atoms with E-state index in [0.29, 0.717) is 27.1 Å². The molecule has 2 heterocycles. The molecule has 0 N–H and O–H groups in total. The average Bonchev–Trinajstić information content (AvgIpc) is 3.16. The van der Waals surface area contributed by atoms with Crippen molar-refractivity contribution in [3.8, 4) is 5.75 Å². The normalized spacial score (nSPS) is 21.5. The van der Waals surface area contributed by atoms with Crippen molar-refractivity contribution in [2.45, 2.75) is 6.10 Å². The van der Waals surface area contributed by atoms with Crippen molar-refractivity contribution in [2.75, 3.05) is 12.0 Å². The zero-order chi connectivity index (χ0) is 18.4. The van der Waals surface area contributed by atoms with Gasteiger partial charge >= 0.3 is 0 Å². The molecule has 6 nitrogen and oxygen atoms in total. The Kier molecular flexibility index (Phi) is 4.09. The van der Waals surface area contributed by atoms with Crippen LogP contribution in [-0.4, -0.2) is 30.7 Å². The predicted molar refractivity (Wildman–Crippen MR) is 96.8 cm³/mol. The van der Waals surface area contributed by atoms with E-state index < -0.39 is 23.8 Å². The third-order valence-electron chi connectivity index (χ3n) is 4.34. The maximum atomic E-state index is 13.1. The van der Waals surface area contributed by atoms with Crippen molar-refractivity contribution in [2.24, 2.45) is 11.1 Å². The number of benzene rings is 2. The number of carbonyl (C=O) groups excluding carboxylic acids is 2. The number of rotatable bonds is 3. The van der Waals surface area contributed by atoms with E-state index in [2.05, 4.69) is 5.16 Å². The summed E-state index contributed by atoms with van der Waals surface area (Å²) in [6.45, 7) is 0. The van der Waals surface area contributed by atoms with Crippen LogP contribution in [-0.2, 0) is 14.4 Å². The van der Waals surface area contributed by atoms with Crippen LogP contribution in [0.5, 0.6) is 5.75 Å². The van der Waals surface area contributed by atoms with Gasteiger partial charge < -0.3 is 9.57 Å². The van der Waals surface area contributed by atoms with Crippen LogP contribution in [0.3, 0.4) is 0 Å². The van der Waals surface area contributed by atoms with Crippen molar-refractivity contribution < 1.29 is 19.2 Å². The first-order valence-corrected chi connectivity index (χ1v) is 8.48. The molecule has 0 spiro atoms. The van der Waals surface area contributed by atoms with E-state index in [9.17, 15) is 9.59 Å². The Morgan fingerprint density at radius 2 is 1.88 bits per heavy atom. The van der Waals surface area contributed by atoms with Crippen molar-refractivity contribution >= 4 is 46.4 Å². The summed E-state index contributed by atoms with van der Waals surface area (Å²) in [5, 5.41) is 4.75. The van der Waals surface area contributed by atoms with E-state index in [0.717, 1.165) is 4.90 Å². The fourth-order valence-electron chi connectivity index (χ4n) is 3.14. The largest absolute Gasteiger partial charge is 0.495 e. The summed E-state index contributed by atoms with van der Waals surface area (Å²) in [6.07, 6.45) is -1.03. The molecule has 2 aromatic carbocycles. The lowest BCUT2D eigenvalue weighted by molar-refractivity contribution is -0.126. The van der Waals surface area contributed by atoms with Crippen molar-refractivity contribution in [1.29, 1.82) is 0 Å². The number of imide groups is 1. The number of amides is 2. The molecule has 0 aromatic heterocycles. The van der Waals surface area contributed by atoms with Gasteiger partial charge in [-0.2, -0.15) is 0 Å². The molecule has 1 fully saturated rings. The smallest absolute Gasteiger partial charge is 0.279 e. The fraction of sp³-hybridized carbons (Fsp3) is 0.167. The second-order valence-corrected chi connectivity index (χ2v) is 6.63. The Bertz CT molecular complexity index is 960. The average molecular weight is 391 g/mol. The van der Waals surface area contributed by atoms with Gasteiger partial charge in [0.2, 0.25) is 12.0 Å². The van der Waals surface area contributed by atoms with Crippen LogP contribution in [0.2, 0.25) is 10.0 Å². The zero-order valence-electron chi connectivity index (χ0n) is 13.5. The van der Waals surface area contributed by atoms with Crippen LogP contribution in [0.4, 0.5) is 5.69 Å². The van der Waals surface area contributed by atoms with E-state index in [1.165, 1.54) is 13.2 Å². The molecular weight excluding hydrogens is 379 g/mol. The number of halogens is 2. The summed E-state index contributed by atoms with van der Waals surface area (Å²) >= 11 is 12.3. The van der Waals surface area contributed by atoms with Crippen molar-refractivity contribution in [3.63, 3.8) is 0 Å². The van der Waals surface area contributed by atoms with Crippen molar-refractivity contribution in [1.82, 2.24) is 0 Å². The van der Waals surface area contributed by atoms with Crippen LogP contribution < -0.4 is 9.64 Å². The molecule has 0 unspecified atom stereocenters. The Morgan fingerprint density at radius 1 is 1.12 bits per heavy atom. The topological polar surface area (TPSA) is 68.2 Å². The van der Waals surface area contributed by atoms with Gasteiger partial charge in [0, 0.05) is 15.6 Å². The Balaban J connectivity index is 1.77. The molecule has 26 heavy (non-hydrogen) atoms. The van der Waals surface area contributed by atoms with Gasteiger partial charge in [-0.1, -0.05) is 46.6 Å². The van der Waals surface area contributed by atoms with Gasteiger partial charge in [-0.25, -0.2) is 4.90 Å².